The topological polar surface area (TPSA) is 67.5 Å². The Bertz CT molecular complexity index is 1330. The molecule has 2 aliphatic heterocycles. The first-order valence-electron chi connectivity index (χ1n) is 12.1. The van der Waals surface area contributed by atoms with Gasteiger partial charge in [-0.3, -0.25) is 4.79 Å². The van der Waals surface area contributed by atoms with Crippen LogP contribution in [0.1, 0.15) is 36.7 Å². The normalized spacial score (nSPS) is 16.6. The summed E-state index contributed by atoms with van der Waals surface area (Å²) >= 11 is 0. The molecule has 1 fully saturated rings. The van der Waals surface area contributed by atoms with Gasteiger partial charge in [-0.25, -0.2) is 4.98 Å². The number of imidazole rings is 1. The van der Waals surface area contributed by atoms with Crippen molar-refractivity contribution in [1.29, 1.82) is 0 Å². The number of aryl methyl sites for hydroxylation is 1. The van der Waals surface area contributed by atoms with E-state index < -0.39 is 0 Å². The van der Waals surface area contributed by atoms with E-state index in [1.54, 1.807) is 0 Å². The molecular formula is C29H27N3O3. The third kappa shape index (κ3) is 4.39. The molecule has 2 aliphatic rings. The number of amides is 1. The smallest absolute Gasteiger partial charge is 0.231 e. The van der Waals surface area contributed by atoms with Crippen molar-refractivity contribution in [2.75, 3.05) is 13.3 Å². The molecule has 0 saturated carbocycles. The monoisotopic (exact) mass is 465 g/mol. The number of hydrogen-bond acceptors (Lipinski definition) is 4. The van der Waals surface area contributed by atoms with Crippen LogP contribution in [0.2, 0.25) is 0 Å². The van der Waals surface area contributed by atoms with E-state index in [2.05, 4.69) is 46.4 Å². The number of ether oxygens (including phenoxy) is 2. The number of aromatic nitrogens is 2. The van der Waals surface area contributed by atoms with Crippen molar-refractivity contribution in [3.05, 3.63) is 90.4 Å². The lowest BCUT2D eigenvalue weighted by Crippen LogP contribution is -2.31. The predicted octanol–water partition coefficient (Wildman–Crippen LogP) is 5.77. The molecule has 6 heteroatoms. The lowest BCUT2D eigenvalue weighted by molar-refractivity contribution is -0.132. The highest BCUT2D eigenvalue weighted by molar-refractivity contribution is 5.77. The first-order chi connectivity index (χ1) is 17.2. The van der Waals surface area contributed by atoms with Gasteiger partial charge in [-0.2, -0.15) is 0 Å². The molecule has 1 atom stereocenters. The van der Waals surface area contributed by atoms with Gasteiger partial charge in [0.05, 0.1) is 17.9 Å². The number of rotatable bonds is 6. The van der Waals surface area contributed by atoms with E-state index in [1.165, 1.54) is 0 Å². The number of aromatic amines is 1. The average molecular weight is 466 g/mol. The molecule has 0 unspecified atom stereocenters. The summed E-state index contributed by atoms with van der Waals surface area (Å²) in [6, 6.07) is 24.6. The molecule has 0 radical (unpaired) electrons. The number of carbonyl (C=O) groups excluding carboxylic acids is 1. The summed E-state index contributed by atoms with van der Waals surface area (Å²) in [5.74, 6) is 2.63. The van der Waals surface area contributed by atoms with Crippen LogP contribution in [-0.2, 0) is 11.2 Å². The second kappa shape index (κ2) is 9.29. The molecule has 6 rings (SSSR count). The fourth-order valence-electron chi connectivity index (χ4n) is 4.95. The highest BCUT2D eigenvalue weighted by atomic mass is 16.7. The first-order valence-corrected chi connectivity index (χ1v) is 12.1. The maximum atomic E-state index is 13.1. The second-order valence-corrected chi connectivity index (χ2v) is 9.06. The number of fused-ring (bicyclic) bond motifs is 1. The summed E-state index contributed by atoms with van der Waals surface area (Å²) in [4.78, 5) is 23.2. The first kappa shape index (κ1) is 21.5. The third-order valence-corrected chi connectivity index (χ3v) is 6.86. The molecule has 1 N–H and O–H groups in total. The van der Waals surface area contributed by atoms with E-state index in [-0.39, 0.29) is 18.7 Å². The van der Waals surface area contributed by atoms with Crippen LogP contribution < -0.4 is 9.47 Å². The van der Waals surface area contributed by atoms with Crippen LogP contribution >= 0.6 is 0 Å². The van der Waals surface area contributed by atoms with Gasteiger partial charge in [-0.15, -0.1) is 0 Å². The summed E-state index contributed by atoms with van der Waals surface area (Å²) in [5.41, 5.74) is 5.45. The Morgan fingerprint density at radius 1 is 0.943 bits per heavy atom. The van der Waals surface area contributed by atoms with Gasteiger partial charge >= 0.3 is 0 Å². The Balaban J connectivity index is 1.09. The Labute approximate surface area is 204 Å². The predicted molar refractivity (Wildman–Crippen MR) is 134 cm³/mol. The van der Waals surface area contributed by atoms with Crippen LogP contribution in [-0.4, -0.2) is 34.1 Å². The van der Waals surface area contributed by atoms with Crippen molar-refractivity contribution < 1.29 is 14.3 Å². The maximum absolute atomic E-state index is 13.1. The van der Waals surface area contributed by atoms with Gasteiger partial charge in [-0.05, 0) is 53.6 Å². The van der Waals surface area contributed by atoms with Crippen molar-refractivity contribution in [1.82, 2.24) is 14.9 Å². The van der Waals surface area contributed by atoms with Crippen LogP contribution in [0.3, 0.4) is 0 Å². The molecule has 1 saturated heterocycles. The minimum Gasteiger partial charge on any atom is -0.454 e. The largest absolute Gasteiger partial charge is 0.454 e. The molecule has 1 aromatic heterocycles. The highest BCUT2D eigenvalue weighted by Crippen LogP contribution is 2.36. The van der Waals surface area contributed by atoms with Gasteiger partial charge in [0.25, 0.3) is 0 Å². The fourth-order valence-corrected chi connectivity index (χ4v) is 4.95. The van der Waals surface area contributed by atoms with E-state index in [1.807, 2.05) is 47.5 Å². The van der Waals surface area contributed by atoms with Gasteiger partial charge in [0, 0.05) is 13.0 Å². The van der Waals surface area contributed by atoms with Crippen molar-refractivity contribution >= 4 is 5.91 Å². The lowest BCUT2D eigenvalue weighted by Gasteiger charge is -2.23. The van der Waals surface area contributed by atoms with Gasteiger partial charge in [0.2, 0.25) is 12.7 Å². The van der Waals surface area contributed by atoms with E-state index in [9.17, 15) is 4.79 Å². The lowest BCUT2D eigenvalue weighted by atomic mass is 10.0. The Hall–Kier alpha value is -4.06. The van der Waals surface area contributed by atoms with Gasteiger partial charge in [-0.1, -0.05) is 60.7 Å². The minimum absolute atomic E-state index is 0.0216. The highest BCUT2D eigenvalue weighted by Gasteiger charge is 2.31. The molecule has 0 spiro atoms. The number of nitrogens with one attached hydrogen (secondary N) is 1. The summed E-state index contributed by atoms with van der Waals surface area (Å²) in [6.45, 7) is 1.06. The third-order valence-electron chi connectivity index (χ3n) is 6.86. The van der Waals surface area contributed by atoms with Crippen molar-refractivity contribution in [3.8, 4) is 33.9 Å². The standard InChI is InChI=1S/C29H27N3O3/c33-28(32-16-4-7-25(32)29-30-18-24(31-29)22-5-2-1-3-6-22)15-10-20-8-11-21(12-9-20)23-13-14-26-27(17-23)35-19-34-26/h1-3,5-6,8-9,11-14,17-18,25H,4,7,10,15-16,19H2,(H,30,31)/t25-/m0/s1. The van der Waals surface area contributed by atoms with Crippen molar-refractivity contribution in [3.63, 3.8) is 0 Å². The fraction of sp³-hybridized carbons (Fsp3) is 0.241. The van der Waals surface area contributed by atoms with E-state index in [0.717, 1.165) is 71.1 Å². The van der Waals surface area contributed by atoms with Crippen LogP contribution in [0, 0.1) is 0 Å². The SMILES string of the molecule is O=C(CCc1ccc(-c2ccc3c(c2)OCO3)cc1)N1CCC[C@H]1c1ncc(-c2ccccc2)[nH]1. The summed E-state index contributed by atoms with van der Waals surface area (Å²) in [5, 5.41) is 0. The van der Waals surface area contributed by atoms with E-state index >= 15 is 0 Å². The molecule has 1 amide bonds. The zero-order chi connectivity index (χ0) is 23.6. The summed E-state index contributed by atoms with van der Waals surface area (Å²) in [6.07, 6.45) is 5.02. The van der Waals surface area contributed by atoms with Crippen molar-refractivity contribution in [2.24, 2.45) is 0 Å². The quantitative estimate of drug-likeness (QED) is 0.393. The minimum atomic E-state index is 0.0216. The molecule has 6 nitrogen and oxygen atoms in total. The zero-order valence-electron chi connectivity index (χ0n) is 19.4. The number of hydrogen-bond donors (Lipinski definition) is 1. The van der Waals surface area contributed by atoms with Gasteiger partial charge in [0.15, 0.2) is 11.5 Å². The number of benzene rings is 3. The molecule has 35 heavy (non-hydrogen) atoms. The molecule has 4 aromatic rings. The molecule has 3 aromatic carbocycles. The van der Waals surface area contributed by atoms with Crippen LogP contribution in [0.5, 0.6) is 11.5 Å². The molecule has 3 heterocycles. The average Bonchev–Trinajstić information content (AvgIpc) is 3.68. The Morgan fingerprint density at radius 3 is 2.60 bits per heavy atom. The number of nitrogens with zero attached hydrogens (tertiary/aromatic N) is 2. The Morgan fingerprint density at radius 2 is 1.74 bits per heavy atom. The summed E-state index contributed by atoms with van der Waals surface area (Å²) in [7, 11) is 0. The number of likely N-dealkylation sites (tertiary alicyclic amines) is 1. The molecule has 0 bridgehead atoms. The van der Waals surface area contributed by atoms with E-state index in [0.29, 0.717) is 6.42 Å². The summed E-state index contributed by atoms with van der Waals surface area (Å²) < 4.78 is 10.9. The van der Waals surface area contributed by atoms with Crippen LogP contribution in [0.15, 0.2) is 79.0 Å². The molecule has 0 aliphatic carbocycles. The van der Waals surface area contributed by atoms with Crippen molar-refractivity contribution in [2.45, 2.75) is 31.7 Å². The van der Waals surface area contributed by atoms with Gasteiger partial charge in [0.1, 0.15) is 5.82 Å². The number of carbonyl (C=O) groups is 1. The zero-order valence-corrected chi connectivity index (χ0v) is 19.4. The number of H-pyrrole nitrogens is 1. The maximum Gasteiger partial charge on any atom is 0.231 e. The van der Waals surface area contributed by atoms with E-state index in [4.69, 9.17) is 9.47 Å². The molecule has 176 valence electrons. The second-order valence-electron chi connectivity index (χ2n) is 9.06. The van der Waals surface area contributed by atoms with Crippen LogP contribution in [0.25, 0.3) is 22.4 Å². The van der Waals surface area contributed by atoms with Crippen LogP contribution in [0.4, 0.5) is 0 Å². The Kier molecular flexibility index (Phi) is 5.70. The van der Waals surface area contributed by atoms with Gasteiger partial charge < -0.3 is 19.4 Å². The molecular weight excluding hydrogens is 438 g/mol.